The van der Waals surface area contributed by atoms with Crippen molar-refractivity contribution in [3.63, 3.8) is 0 Å². The molecule has 0 unspecified atom stereocenters. The van der Waals surface area contributed by atoms with Gasteiger partial charge < -0.3 is 18.3 Å². The third kappa shape index (κ3) is 3.66. The molecule has 2 aromatic heterocycles. The third-order valence-electron chi connectivity index (χ3n) is 4.48. The largest absolute Gasteiger partial charge is 0.493 e. The van der Waals surface area contributed by atoms with Gasteiger partial charge in [-0.25, -0.2) is 18.0 Å². The Hall–Kier alpha value is -2.63. The van der Waals surface area contributed by atoms with E-state index in [-0.39, 0.29) is 22.7 Å². The molecular formula is C20H12Br2O8S. The van der Waals surface area contributed by atoms with Gasteiger partial charge in [-0.3, -0.25) is 0 Å². The normalized spacial score (nSPS) is 11.7. The van der Waals surface area contributed by atoms with E-state index in [2.05, 4.69) is 31.9 Å². The van der Waals surface area contributed by atoms with Crippen LogP contribution in [0.5, 0.6) is 11.5 Å². The number of sulfone groups is 1. The Bertz CT molecular complexity index is 1470. The highest BCUT2D eigenvalue weighted by Crippen LogP contribution is 2.33. The fourth-order valence-corrected chi connectivity index (χ4v) is 5.33. The predicted molar refractivity (Wildman–Crippen MR) is 119 cm³/mol. The van der Waals surface area contributed by atoms with Gasteiger partial charge in [-0.2, -0.15) is 0 Å². The van der Waals surface area contributed by atoms with Crippen LogP contribution in [0.2, 0.25) is 0 Å². The second-order valence-corrected chi connectivity index (χ2v) is 10.1. The zero-order valence-electron chi connectivity index (χ0n) is 15.9. The zero-order valence-corrected chi connectivity index (χ0v) is 19.9. The molecule has 4 rings (SSSR count). The molecule has 0 fully saturated rings. The van der Waals surface area contributed by atoms with E-state index < -0.39 is 30.9 Å². The minimum Gasteiger partial charge on any atom is -0.493 e. The van der Waals surface area contributed by atoms with E-state index >= 15 is 0 Å². The van der Waals surface area contributed by atoms with Crippen molar-refractivity contribution in [1.29, 1.82) is 0 Å². The molecule has 2 aromatic carbocycles. The van der Waals surface area contributed by atoms with Crippen molar-refractivity contribution in [2.75, 3.05) is 14.2 Å². The molecule has 11 heteroatoms. The molecule has 0 atom stereocenters. The Balaban J connectivity index is 2.01. The van der Waals surface area contributed by atoms with Gasteiger partial charge in [0.25, 0.3) is 0 Å². The van der Waals surface area contributed by atoms with Crippen molar-refractivity contribution in [1.82, 2.24) is 0 Å². The number of benzene rings is 2. The first-order valence-electron chi connectivity index (χ1n) is 8.53. The van der Waals surface area contributed by atoms with Crippen molar-refractivity contribution >= 4 is 63.6 Å². The molecule has 8 nitrogen and oxygen atoms in total. The molecule has 31 heavy (non-hydrogen) atoms. The molecule has 0 radical (unpaired) electrons. The SMILES string of the molecule is COc1cc(Br)cc2cc(S(=O)(=O)c3cc4cc(Br)cc(OC)c4oc3=O)c(=O)oc12. The van der Waals surface area contributed by atoms with Gasteiger partial charge in [0.15, 0.2) is 32.5 Å². The monoisotopic (exact) mass is 570 g/mol. The first-order chi connectivity index (χ1) is 14.6. The lowest BCUT2D eigenvalue weighted by atomic mass is 10.2. The average molecular weight is 572 g/mol. The Kier molecular flexibility index (Phi) is 5.44. The number of fused-ring (bicyclic) bond motifs is 2. The summed E-state index contributed by atoms with van der Waals surface area (Å²) >= 11 is 6.58. The van der Waals surface area contributed by atoms with Crippen LogP contribution in [0, 0.1) is 0 Å². The van der Waals surface area contributed by atoms with Gasteiger partial charge in [0.2, 0.25) is 9.84 Å². The van der Waals surface area contributed by atoms with Crippen LogP contribution in [0.4, 0.5) is 0 Å². The summed E-state index contributed by atoms with van der Waals surface area (Å²) in [6.07, 6.45) is 0. The molecule has 0 N–H and O–H groups in total. The van der Waals surface area contributed by atoms with Gasteiger partial charge in [0.05, 0.1) is 14.2 Å². The maximum Gasteiger partial charge on any atom is 0.355 e. The van der Waals surface area contributed by atoms with Crippen molar-refractivity contribution in [3.05, 3.63) is 66.2 Å². The number of methoxy groups -OCH3 is 2. The Morgan fingerprint density at radius 1 is 0.710 bits per heavy atom. The topological polar surface area (TPSA) is 113 Å². The summed E-state index contributed by atoms with van der Waals surface area (Å²) in [5, 5.41) is 0.581. The van der Waals surface area contributed by atoms with E-state index in [0.717, 1.165) is 12.1 Å². The Morgan fingerprint density at radius 2 is 1.10 bits per heavy atom. The van der Waals surface area contributed by atoms with Crippen molar-refractivity contribution < 1.29 is 26.7 Å². The van der Waals surface area contributed by atoms with Gasteiger partial charge >= 0.3 is 11.3 Å². The lowest BCUT2D eigenvalue weighted by molar-refractivity contribution is 0.404. The van der Waals surface area contributed by atoms with Gasteiger partial charge in [0, 0.05) is 19.7 Å². The van der Waals surface area contributed by atoms with Crippen molar-refractivity contribution in [3.8, 4) is 11.5 Å². The summed E-state index contributed by atoms with van der Waals surface area (Å²) in [6, 6.07) is 8.53. The molecule has 0 aliphatic heterocycles. The predicted octanol–water partition coefficient (Wildman–Crippen LogP) is 4.27. The number of hydrogen-bond donors (Lipinski definition) is 0. The Labute approximate surface area is 191 Å². The van der Waals surface area contributed by atoms with Crippen molar-refractivity contribution in [2.45, 2.75) is 9.79 Å². The van der Waals surface area contributed by atoms with Crippen LogP contribution < -0.4 is 20.7 Å². The maximum atomic E-state index is 13.2. The molecule has 0 aliphatic rings. The third-order valence-corrected chi connectivity index (χ3v) is 7.12. The second-order valence-electron chi connectivity index (χ2n) is 6.35. The lowest BCUT2D eigenvalue weighted by Gasteiger charge is -2.09. The standard InChI is InChI=1S/C20H12Br2O8S/c1-27-13-7-11(21)3-9-5-15(19(23)29-17(9)13)31(25,26)16-6-10-4-12(22)8-14(28-2)18(10)30-20(16)24/h3-8H,1-2H3. The highest BCUT2D eigenvalue weighted by Gasteiger charge is 2.29. The van der Waals surface area contributed by atoms with Gasteiger partial charge in [-0.05, 0) is 36.4 Å². The molecule has 0 amide bonds. The highest BCUT2D eigenvalue weighted by molar-refractivity contribution is 9.10. The second kappa shape index (κ2) is 7.81. The number of ether oxygens (including phenoxy) is 2. The van der Waals surface area contributed by atoms with Crippen LogP contribution in [0.3, 0.4) is 0 Å². The van der Waals surface area contributed by atoms with Crippen molar-refractivity contribution in [2.24, 2.45) is 0 Å². The van der Waals surface area contributed by atoms with E-state index in [1.807, 2.05) is 0 Å². The van der Waals surface area contributed by atoms with Gasteiger partial charge in [-0.15, -0.1) is 0 Å². The number of rotatable bonds is 4. The molecule has 2 heterocycles. The van der Waals surface area contributed by atoms with Crippen LogP contribution in [0.25, 0.3) is 21.9 Å². The first-order valence-corrected chi connectivity index (χ1v) is 11.6. The summed E-state index contributed by atoms with van der Waals surface area (Å²) in [7, 11) is -1.80. The highest BCUT2D eigenvalue weighted by atomic mass is 79.9. The van der Waals surface area contributed by atoms with Gasteiger partial charge in [-0.1, -0.05) is 31.9 Å². The van der Waals surface area contributed by atoms with Crippen LogP contribution >= 0.6 is 31.9 Å². The van der Waals surface area contributed by atoms with E-state index in [1.54, 1.807) is 24.3 Å². The summed E-state index contributed by atoms with van der Waals surface area (Å²) in [4.78, 5) is 23.7. The maximum absolute atomic E-state index is 13.2. The van der Waals surface area contributed by atoms with Crippen LogP contribution in [-0.2, 0) is 9.84 Å². The Morgan fingerprint density at radius 3 is 1.45 bits per heavy atom. The van der Waals surface area contributed by atoms with Crippen LogP contribution in [-0.4, -0.2) is 22.6 Å². The zero-order chi connectivity index (χ0) is 22.5. The van der Waals surface area contributed by atoms with E-state index in [9.17, 15) is 18.0 Å². The van der Waals surface area contributed by atoms with Gasteiger partial charge in [0.1, 0.15) is 0 Å². The minimum atomic E-state index is -4.57. The molecule has 0 aliphatic carbocycles. The fourth-order valence-electron chi connectivity index (χ4n) is 3.09. The molecular weight excluding hydrogens is 560 g/mol. The number of halogens is 2. The van der Waals surface area contributed by atoms with E-state index in [1.165, 1.54) is 14.2 Å². The molecule has 0 saturated carbocycles. The molecule has 0 spiro atoms. The number of hydrogen-bond acceptors (Lipinski definition) is 8. The summed E-state index contributed by atoms with van der Waals surface area (Å²) in [5.41, 5.74) is -2.12. The lowest BCUT2D eigenvalue weighted by Crippen LogP contribution is -2.20. The molecule has 0 saturated heterocycles. The summed E-state index contributed by atoms with van der Waals surface area (Å²) < 4.78 is 48.4. The van der Waals surface area contributed by atoms with Crippen LogP contribution in [0.1, 0.15) is 0 Å². The molecule has 4 aromatic rings. The van der Waals surface area contributed by atoms with E-state index in [4.69, 9.17) is 18.3 Å². The molecule has 0 bridgehead atoms. The molecule has 160 valence electrons. The quantitative estimate of drug-likeness (QED) is 0.334. The first kappa shape index (κ1) is 21.6. The minimum absolute atomic E-state index is 0.0777. The fraction of sp³-hybridized carbons (Fsp3) is 0.100. The summed E-state index contributed by atoms with van der Waals surface area (Å²) in [6.45, 7) is 0. The van der Waals surface area contributed by atoms with E-state index in [0.29, 0.717) is 19.7 Å². The smallest absolute Gasteiger partial charge is 0.355 e. The average Bonchev–Trinajstić information content (AvgIpc) is 2.72. The van der Waals surface area contributed by atoms with Crippen LogP contribution in [0.15, 0.2) is 73.6 Å². The summed E-state index contributed by atoms with van der Waals surface area (Å²) in [5.74, 6) is 0.486.